The molecular formula is C13H7Cl6N3O. The van der Waals surface area contributed by atoms with Crippen molar-refractivity contribution in [1.82, 2.24) is 15.0 Å². The van der Waals surface area contributed by atoms with Gasteiger partial charge in [-0.15, -0.1) is 0 Å². The van der Waals surface area contributed by atoms with Crippen LogP contribution in [0.3, 0.4) is 0 Å². The summed E-state index contributed by atoms with van der Waals surface area (Å²) in [5.74, 6) is -0.0246. The summed E-state index contributed by atoms with van der Waals surface area (Å²) in [4.78, 5) is 11.9. The average molecular weight is 434 g/mol. The van der Waals surface area contributed by atoms with Gasteiger partial charge in [-0.1, -0.05) is 87.8 Å². The monoisotopic (exact) mass is 431 g/mol. The second-order valence-corrected chi connectivity index (χ2v) is 8.82. The number of benzene rings is 1. The molecule has 0 amide bonds. The van der Waals surface area contributed by atoms with E-state index in [1.807, 2.05) is 0 Å². The van der Waals surface area contributed by atoms with E-state index < -0.39 is 7.59 Å². The fourth-order valence-corrected chi connectivity index (χ4v) is 1.98. The summed E-state index contributed by atoms with van der Waals surface area (Å²) >= 11 is 34.7. The van der Waals surface area contributed by atoms with Crippen molar-refractivity contribution >= 4 is 81.8 Å². The first-order valence-corrected chi connectivity index (χ1v) is 8.20. The maximum Gasteiger partial charge on any atom is 0.250 e. The number of hydrogen-bond acceptors (Lipinski definition) is 4. The smallest absolute Gasteiger partial charge is 0.250 e. The first-order chi connectivity index (χ1) is 10.6. The van der Waals surface area contributed by atoms with Gasteiger partial charge in [-0.25, -0.2) is 15.0 Å². The molecule has 2 aromatic rings. The van der Waals surface area contributed by atoms with E-state index in [-0.39, 0.29) is 23.2 Å². The van der Waals surface area contributed by atoms with Crippen LogP contribution in [0.25, 0.3) is 12.2 Å². The van der Waals surface area contributed by atoms with Gasteiger partial charge < -0.3 is 5.11 Å². The Bertz CT molecular complexity index is 690. The van der Waals surface area contributed by atoms with Crippen molar-refractivity contribution in [1.29, 1.82) is 0 Å². The average Bonchev–Trinajstić information content (AvgIpc) is 2.44. The third-order valence-corrected chi connectivity index (χ3v) is 3.49. The molecule has 1 N–H and O–H groups in total. The first-order valence-electron chi connectivity index (χ1n) is 5.93. The molecule has 0 aliphatic carbocycles. The second-order valence-electron chi connectivity index (χ2n) is 4.26. The van der Waals surface area contributed by atoms with Crippen molar-refractivity contribution in [2.45, 2.75) is 7.59 Å². The molecule has 0 spiro atoms. The normalized spacial score (nSPS) is 12.8. The fourth-order valence-electron chi connectivity index (χ4n) is 1.48. The number of aromatic hydroxyl groups is 1. The van der Waals surface area contributed by atoms with Crippen LogP contribution >= 0.6 is 69.6 Å². The van der Waals surface area contributed by atoms with Gasteiger partial charge in [-0.05, 0) is 23.8 Å². The number of nitrogens with zero attached hydrogens (tertiary/aromatic N) is 3. The molecule has 0 saturated carbocycles. The van der Waals surface area contributed by atoms with Crippen molar-refractivity contribution in [2.75, 3.05) is 0 Å². The zero-order valence-corrected chi connectivity index (χ0v) is 15.6. The lowest BCUT2D eigenvalue weighted by molar-refractivity contribution is 0.475. The van der Waals surface area contributed by atoms with E-state index in [0.29, 0.717) is 0 Å². The van der Waals surface area contributed by atoms with Crippen LogP contribution in [0.15, 0.2) is 24.3 Å². The lowest BCUT2D eigenvalue weighted by atomic mass is 10.2. The number of halogens is 6. The van der Waals surface area contributed by atoms with Gasteiger partial charge in [0.15, 0.2) is 17.5 Å². The van der Waals surface area contributed by atoms with Crippen LogP contribution in [0.4, 0.5) is 0 Å². The van der Waals surface area contributed by atoms with Gasteiger partial charge >= 0.3 is 0 Å². The van der Waals surface area contributed by atoms with Crippen LogP contribution in [0, 0.1) is 0 Å². The summed E-state index contributed by atoms with van der Waals surface area (Å²) in [6.07, 6.45) is 3.22. The number of alkyl halides is 6. The summed E-state index contributed by atoms with van der Waals surface area (Å²) in [6, 6.07) is 6.45. The lowest BCUT2D eigenvalue weighted by Gasteiger charge is -2.14. The van der Waals surface area contributed by atoms with Gasteiger partial charge in [0.25, 0.3) is 0 Å². The molecule has 4 nitrogen and oxygen atoms in total. The predicted octanol–water partition coefficient (Wildman–Crippen LogP) is 5.40. The van der Waals surface area contributed by atoms with E-state index in [4.69, 9.17) is 69.6 Å². The highest BCUT2D eigenvalue weighted by Crippen LogP contribution is 2.39. The zero-order chi connectivity index (χ0) is 17.3. The van der Waals surface area contributed by atoms with E-state index in [1.165, 1.54) is 18.2 Å². The summed E-state index contributed by atoms with van der Waals surface area (Å²) in [5.41, 5.74) is 0.786. The second kappa shape index (κ2) is 7.18. The Balaban J connectivity index is 2.43. The minimum Gasteiger partial charge on any atom is -0.508 e. The van der Waals surface area contributed by atoms with Crippen LogP contribution in [-0.4, -0.2) is 20.1 Å². The number of aromatic nitrogens is 3. The first kappa shape index (κ1) is 18.8. The molecule has 0 unspecified atom stereocenters. The van der Waals surface area contributed by atoms with E-state index >= 15 is 0 Å². The molecule has 0 bridgehead atoms. The van der Waals surface area contributed by atoms with Crippen molar-refractivity contribution in [3.05, 3.63) is 47.3 Å². The van der Waals surface area contributed by atoms with Gasteiger partial charge in [0.1, 0.15) is 5.75 Å². The Labute approximate surface area is 162 Å². The maximum atomic E-state index is 9.25. The van der Waals surface area contributed by atoms with Gasteiger partial charge in [0.05, 0.1) is 0 Å². The van der Waals surface area contributed by atoms with Gasteiger partial charge in [0.2, 0.25) is 7.59 Å². The quantitative estimate of drug-likeness (QED) is 0.644. The SMILES string of the molecule is Oc1ccc(/C=C/c2nc(C(Cl)(Cl)Cl)nc(C(Cl)(Cl)Cl)n2)cc1. The van der Waals surface area contributed by atoms with Crippen LogP contribution in [0.1, 0.15) is 23.0 Å². The van der Waals surface area contributed by atoms with E-state index in [9.17, 15) is 5.11 Å². The molecule has 1 heterocycles. The summed E-state index contributed by atoms with van der Waals surface area (Å²) < 4.78 is -3.79. The molecule has 2 rings (SSSR count). The number of hydrogen-bond donors (Lipinski definition) is 1. The highest BCUT2D eigenvalue weighted by atomic mass is 35.6. The van der Waals surface area contributed by atoms with Crippen molar-refractivity contribution in [3.8, 4) is 5.75 Å². The van der Waals surface area contributed by atoms with E-state index in [2.05, 4.69) is 15.0 Å². The summed E-state index contributed by atoms with van der Waals surface area (Å²) in [6.45, 7) is 0. The topological polar surface area (TPSA) is 58.9 Å². The zero-order valence-electron chi connectivity index (χ0n) is 11.0. The van der Waals surface area contributed by atoms with Crippen LogP contribution in [0.2, 0.25) is 0 Å². The molecule has 1 aromatic carbocycles. The number of phenolic OH excluding ortho intramolecular Hbond substituents is 1. The van der Waals surface area contributed by atoms with Gasteiger partial charge in [-0.3, -0.25) is 0 Å². The Morgan fingerprint density at radius 2 is 1.22 bits per heavy atom. The fraction of sp³-hybridized carbons (Fsp3) is 0.154. The molecular weight excluding hydrogens is 427 g/mol. The molecule has 10 heteroatoms. The van der Waals surface area contributed by atoms with Crippen molar-refractivity contribution in [2.24, 2.45) is 0 Å². The largest absolute Gasteiger partial charge is 0.508 e. The van der Waals surface area contributed by atoms with Crippen molar-refractivity contribution < 1.29 is 5.11 Å². The Morgan fingerprint density at radius 3 is 1.65 bits per heavy atom. The van der Waals surface area contributed by atoms with E-state index in [1.54, 1.807) is 18.2 Å². The molecule has 0 fully saturated rings. The third-order valence-electron chi connectivity index (χ3n) is 2.48. The van der Waals surface area contributed by atoms with Gasteiger partial charge in [0, 0.05) is 0 Å². The number of phenols is 1. The predicted molar refractivity (Wildman–Crippen MR) is 95.3 cm³/mol. The Hall–Kier alpha value is -0.490. The number of rotatable bonds is 2. The lowest BCUT2D eigenvalue weighted by Crippen LogP contribution is -2.16. The molecule has 23 heavy (non-hydrogen) atoms. The minimum atomic E-state index is -1.89. The molecule has 0 aliphatic rings. The Kier molecular flexibility index (Phi) is 5.88. The molecule has 0 aliphatic heterocycles. The summed E-state index contributed by atoms with van der Waals surface area (Å²) in [7, 11) is 0. The molecule has 0 radical (unpaired) electrons. The summed E-state index contributed by atoms with van der Waals surface area (Å²) in [5, 5.41) is 9.25. The van der Waals surface area contributed by atoms with E-state index in [0.717, 1.165) is 5.56 Å². The van der Waals surface area contributed by atoms with Crippen LogP contribution in [-0.2, 0) is 7.59 Å². The van der Waals surface area contributed by atoms with Crippen molar-refractivity contribution in [3.63, 3.8) is 0 Å². The molecule has 0 atom stereocenters. The molecule has 122 valence electrons. The highest BCUT2D eigenvalue weighted by molar-refractivity contribution is 6.67. The molecule has 1 aromatic heterocycles. The highest BCUT2D eigenvalue weighted by Gasteiger charge is 2.33. The maximum absolute atomic E-state index is 9.25. The molecule has 0 saturated heterocycles. The van der Waals surface area contributed by atoms with Crippen LogP contribution < -0.4 is 0 Å². The van der Waals surface area contributed by atoms with Gasteiger partial charge in [-0.2, -0.15) is 0 Å². The van der Waals surface area contributed by atoms with Crippen LogP contribution in [0.5, 0.6) is 5.75 Å². The minimum absolute atomic E-state index is 0.149. The Morgan fingerprint density at radius 1 is 0.739 bits per heavy atom. The third kappa shape index (κ3) is 5.52. The standard InChI is InChI=1S/C13H7Cl6N3O/c14-12(15,16)10-20-9(21-11(22-10)13(17,18)19)6-3-7-1-4-8(23)5-2-7/h1-6,23H/b6-3+.